The smallest absolute Gasteiger partial charge is 0.407 e. The summed E-state index contributed by atoms with van der Waals surface area (Å²) in [7, 11) is -2.09. The van der Waals surface area contributed by atoms with Gasteiger partial charge in [0.1, 0.15) is 6.61 Å². The van der Waals surface area contributed by atoms with Crippen molar-refractivity contribution in [3.8, 4) is 0 Å². The van der Waals surface area contributed by atoms with Crippen LogP contribution in [0.1, 0.15) is 27.2 Å². The molecule has 7 nitrogen and oxygen atoms in total. The lowest BCUT2D eigenvalue weighted by Gasteiger charge is -2.25. The second kappa shape index (κ2) is 14.9. The van der Waals surface area contributed by atoms with Crippen molar-refractivity contribution >= 4 is 14.7 Å². The van der Waals surface area contributed by atoms with E-state index in [1.54, 1.807) is 0 Å². The minimum Gasteiger partial charge on any atom is -0.447 e. The zero-order chi connectivity index (χ0) is 17.4. The molecule has 0 aliphatic heterocycles. The summed E-state index contributed by atoms with van der Waals surface area (Å²) in [4.78, 5) is 11.5. The van der Waals surface area contributed by atoms with Crippen LogP contribution >= 0.6 is 0 Å². The highest BCUT2D eigenvalue weighted by Gasteiger charge is 2.29. The van der Waals surface area contributed by atoms with Gasteiger partial charge in [0.2, 0.25) is 0 Å². The minimum atomic E-state index is -2.09. The maximum Gasteiger partial charge on any atom is 0.407 e. The van der Waals surface area contributed by atoms with Crippen LogP contribution in [-0.4, -0.2) is 67.4 Å². The summed E-state index contributed by atoms with van der Waals surface area (Å²) in [6.45, 7) is 12.1. The Hall–Kier alpha value is -0.673. The first-order valence-corrected chi connectivity index (χ1v) is 10.9. The van der Waals surface area contributed by atoms with Crippen LogP contribution in [0.3, 0.4) is 0 Å². The molecule has 0 aliphatic carbocycles. The number of carbonyl (C=O) groups is 1. The van der Waals surface area contributed by atoms with Gasteiger partial charge in [-0.15, -0.1) is 0 Å². The highest BCUT2D eigenvalue weighted by atomic mass is 28.4. The summed E-state index contributed by atoms with van der Waals surface area (Å²) < 4.78 is 26.9. The average molecular weight is 352 g/mol. The number of ether oxygens (including phenoxy) is 3. The Morgan fingerprint density at radius 1 is 0.913 bits per heavy atom. The van der Waals surface area contributed by atoms with Gasteiger partial charge in [-0.2, -0.15) is 0 Å². The Balaban J connectivity index is 3.58. The molecule has 0 fully saturated rings. The van der Waals surface area contributed by atoms with Crippen LogP contribution < -0.4 is 5.32 Å². The summed E-state index contributed by atoms with van der Waals surface area (Å²) in [5.74, 6) is 0. The van der Waals surface area contributed by atoms with Gasteiger partial charge in [-0.05, 0) is 39.8 Å². The molecule has 0 saturated heterocycles. The van der Waals surface area contributed by atoms with E-state index in [1.165, 1.54) is 0 Å². The molecule has 0 spiro atoms. The number of nitrogens with one attached hydrogen (secondary N) is 1. The SMILES string of the molecule is CCOCCOCCOC(=O)NCCC[Si](C)(OCC)OCC. The summed E-state index contributed by atoms with van der Waals surface area (Å²) >= 11 is 0. The van der Waals surface area contributed by atoms with Gasteiger partial charge >= 0.3 is 14.7 Å². The lowest BCUT2D eigenvalue weighted by molar-refractivity contribution is 0.0314. The number of hydrogen-bond acceptors (Lipinski definition) is 6. The van der Waals surface area contributed by atoms with Crippen molar-refractivity contribution < 1.29 is 27.9 Å². The molecular weight excluding hydrogens is 318 g/mol. The fourth-order valence-corrected chi connectivity index (χ4v) is 4.42. The largest absolute Gasteiger partial charge is 0.447 e. The second-order valence-electron chi connectivity index (χ2n) is 4.98. The van der Waals surface area contributed by atoms with E-state index in [0.717, 1.165) is 12.5 Å². The fourth-order valence-electron chi connectivity index (χ4n) is 2.01. The Morgan fingerprint density at radius 3 is 2.13 bits per heavy atom. The zero-order valence-corrected chi connectivity index (χ0v) is 16.0. The van der Waals surface area contributed by atoms with Crippen molar-refractivity contribution in [2.45, 2.75) is 39.8 Å². The van der Waals surface area contributed by atoms with Gasteiger partial charge in [-0.3, -0.25) is 0 Å². The Kier molecular flexibility index (Phi) is 14.5. The molecule has 0 heterocycles. The quantitative estimate of drug-likeness (QED) is 0.360. The number of carbonyl (C=O) groups excluding carboxylic acids is 1. The number of alkyl carbamates (subject to hydrolysis) is 1. The van der Waals surface area contributed by atoms with E-state index in [0.29, 0.717) is 46.2 Å². The second-order valence-corrected chi connectivity index (χ2v) is 8.32. The summed E-state index contributed by atoms with van der Waals surface area (Å²) in [6, 6.07) is 0.843. The summed E-state index contributed by atoms with van der Waals surface area (Å²) in [5.41, 5.74) is 0. The molecule has 0 radical (unpaired) electrons. The molecule has 138 valence electrons. The molecular formula is C15H33NO6Si. The van der Waals surface area contributed by atoms with Gasteiger partial charge < -0.3 is 28.4 Å². The van der Waals surface area contributed by atoms with E-state index in [9.17, 15) is 4.79 Å². The van der Waals surface area contributed by atoms with Crippen LogP contribution in [0.25, 0.3) is 0 Å². The van der Waals surface area contributed by atoms with Crippen LogP contribution in [0.4, 0.5) is 4.79 Å². The molecule has 0 aliphatic rings. The van der Waals surface area contributed by atoms with Crippen molar-refractivity contribution in [1.29, 1.82) is 0 Å². The molecule has 0 rings (SSSR count). The molecule has 0 bridgehead atoms. The number of hydrogen-bond donors (Lipinski definition) is 1. The highest BCUT2D eigenvalue weighted by molar-refractivity contribution is 6.66. The van der Waals surface area contributed by atoms with Crippen LogP contribution in [0.15, 0.2) is 0 Å². The van der Waals surface area contributed by atoms with E-state index < -0.39 is 14.7 Å². The molecule has 0 aromatic rings. The van der Waals surface area contributed by atoms with E-state index in [1.807, 2.05) is 20.8 Å². The Labute approximate surface area is 141 Å². The lowest BCUT2D eigenvalue weighted by atomic mass is 10.5. The first-order chi connectivity index (χ1) is 11.1. The summed E-state index contributed by atoms with van der Waals surface area (Å²) in [5, 5.41) is 2.72. The molecule has 8 heteroatoms. The topological polar surface area (TPSA) is 75.3 Å². The molecule has 23 heavy (non-hydrogen) atoms. The third kappa shape index (κ3) is 13.5. The molecule has 0 atom stereocenters. The van der Waals surface area contributed by atoms with Gasteiger partial charge in [0.25, 0.3) is 0 Å². The highest BCUT2D eigenvalue weighted by Crippen LogP contribution is 2.15. The predicted octanol–water partition coefficient (Wildman–Crippen LogP) is 2.30. The fraction of sp³-hybridized carbons (Fsp3) is 0.933. The average Bonchev–Trinajstić information content (AvgIpc) is 2.51. The van der Waals surface area contributed by atoms with Gasteiger partial charge in [0.05, 0.1) is 19.8 Å². The normalized spacial score (nSPS) is 11.5. The van der Waals surface area contributed by atoms with Gasteiger partial charge in [-0.1, -0.05) is 0 Å². The molecule has 0 unspecified atom stereocenters. The van der Waals surface area contributed by atoms with Crippen LogP contribution in [-0.2, 0) is 23.1 Å². The first-order valence-electron chi connectivity index (χ1n) is 8.42. The van der Waals surface area contributed by atoms with E-state index in [2.05, 4.69) is 11.9 Å². The van der Waals surface area contributed by atoms with Crippen LogP contribution in [0.5, 0.6) is 0 Å². The van der Waals surface area contributed by atoms with Crippen LogP contribution in [0, 0.1) is 0 Å². The van der Waals surface area contributed by atoms with Crippen LogP contribution in [0.2, 0.25) is 12.6 Å². The maximum absolute atomic E-state index is 11.5. The van der Waals surface area contributed by atoms with Crippen molar-refractivity contribution in [3.05, 3.63) is 0 Å². The van der Waals surface area contributed by atoms with Crippen molar-refractivity contribution in [3.63, 3.8) is 0 Å². The lowest BCUT2D eigenvalue weighted by Crippen LogP contribution is -2.39. The molecule has 1 N–H and O–H groups in total. The standard InChI is InChI=1S/C15H33NO6Si/c1-5-18-10-11-19-12-13-20-15(17)16-9-8-14-23(4,21-6-2)22-7-3/h5-14H2,1-4H3,(H,16,17). The summed E-state index contributed by atoms with van der Waals surface area (Å²) in [6.07, 6.45) is 0.387. The minimum absolute atomic E-state index is 0.238. The Morgan fingerprint density at radius 2 is 1.52 bits per heavy atom. The van der Waals surface area contributed by atoms with Crippen molar-refractivity contribution in [2.24, 2.45) is 0 Å². The monoisotopic (exact) mass is 351 g/mol. The van der Waals surface area contributed by atoms with Gasteiger partial charge in [-0.25, -0.2) is 4.79 Å². The third-order valence-corrected chi connectivity index (χ3v) is 6.07. The number of amides is 1. The maximum atomic E-state index is 11.5. The van der Waals surface area contributed by atoms with E-state index in [-0.39, 0.29) is 6.61 Å². The van der Waals surface area contributed by atoms with Gasteiger partial charge in [0, 0.05) is 26.4 Å². The number of rotatable bonds is 15. The van der Waals surface area contributed by atoms with Gasteiger partial charge in [0.15, 0.2) is 0 Å². The zero-order valence-electron chi connectivity index (χ0n) is 15.0. The predicted molar refractivity (Wildman–Crippen MR) is 91.0 cm³/mol. The van der Waals surface area contributed by atoms with E-state index in [4.69, 9.17) is 23.1 Å². The molecule has 0 aromatic carbocycles. The van der Waals surface area contributed by atoms with Crippen molar-refractivity contribution in [1.82, 2.24) is 5.32 Å². The molecule has 0 saturated carbocycles. The Bertz CT molecular complexity index is 287. The van der Waals surface area contributed by atoms with E-state index >= 15 is 0 Å². The van der Waals surface area contributed by atoms with Crippen molar-refractivity contribution in [2.75, 3.05) is 52.8 Å². The first kappa shape index (κ1) is 22.3. The molecule has 1 amide bonds. The third-order valence-electron chi connectivity index (χ3n) is 3.01. The molecule has 0 aromatic heterocycles.